The maximum absolute atomic E-state index is 6.76. The highest BCUT2D eigenvalue weighted by atomic mass is 16.5. The third-order valence-electron chi connectivity index (χ3n) is 7.34. The predicted molar refractivity (Wildman–Crippen MR) is 144 cm³/mol. The quantitative estimate of drug-likeness (QED) is 0.426. The van der Waals surface area contributed by atoms with Crippen molar-refractivity contribution in [3.05, 3.63) is 106 Å². The number of methoxy groups -OCH3 is 3. The van der Waals surface area contributed by atoms with Gasteiger partial charge in [0.25, 0.3) is 0 Å². The van der Waals surface area contributed by atoms with Gasteiger partial charge in [0.2, 0.25) is 0 Å². The van der Waals surface area contributed by atoms with Crippen LogP contribution in [0.3, 0.4) is 0 Å². The predicted octanol–water partition coefficient (Wildman–Crippen LogP) is 6.06. The molecule has 5 rings (SSSR count). The van der Waals surface area contributed by atoms with Gasteiger partial charge in [-0.05, 0) is 77.2 Å². The average molecular weight is 484 g/mol. The van der Waals surface area contributed by atoms with Gasteiger partial charge in [-0.15, -0.1) is 0 Å². The minimum absolute atomic E-state index is 0.169. The van der Waals surface area contributed by atoms with Crippen LogP contribution in [0.4, 0.5) is 5.69 Å². The first-order valence-corrected chi connectivity index (χ1v) is 12.1. The summed E-state index contributed by atoms with van der Waals surface area (Å²) in [6.45, 7) is 2.61. The lowest BCUT2D eigenvalue weighted by Crippen LogP contribution is -2.37. The molecule has 2 aliphatic rings. The average Bonchev–Trinajstić information content (AvgIpc) is 2.92. The molecular formula is C31H33NO4. The van der Waals surface area contributed by atoms with Crippen molar-refractivity contribution in [2.24, 2.45) is 0 Å². The first-order valence-electron chi connectivity index (χ1n) is 12.1. The first kappa shape index (κ1) is 24.0. The molecule has 0 saturated heterocycles. The molecule has 0 fully saturated rings. The van der Waals surface area contributed by atoms with E-state index in [9.17, 15) is 0 Å². The number of fused-ring (bicyclic) bond motifs is 3. The fraction of sp³-hybridized carbons (Fsp3) is 0.290. The van der Waals surface area contributed by atoms with Gasteiger partial charge < -0.3 is 23.8 Å². The largest absolute Gasteiger partial charge is 0.497 e. The third-order valence-corrected chi connectivity index (χ3v) is 7.34. The van der Waals surface area contributed by atoms with E-state index in [1.165, 1.54) is 5.56 Å². The number of anilines is 1. The summed E-state index contributed by atoms with van der Waals surface area (Å²) in [6, 6.07) is 21.1. The molecule has 1 aliphatic carbocycles. The molecule has 0 aromatic heterocycles. The summed E-state index contributed by atoms with van der Waals surface area (Å²) in [5.74, 6) is 2.45. The SMILES string of the molecule is COC1=CC2=CC(c3ccc(OC)cc3)(c3ccc(N(C)C)cc3)COC2c2c(C)cc(OC)cc21. The second kappa shape index (κ2) is 9.40. The van der Waals surface area contributed by atoms with Gasteiger partial charge in [-0.2, -0.15) is 0 Å². The maximum atomic E-state index is 6.76. The number of nitrogens with zero attached hydrogens (tertiary/aromatic N) is 1. The fourth-order valence-electron chi connectivity index (χ4n) is 5.36. The molecule has 1 heterocycles. The Balaban J connectivity index is 1.70. The summed E-state index contributed by atoms with van der Waals surface area (Å²) in [5.41, 5.74) is 7.38. The molecule has 0 spiro atoms. The Kier molecular flexibility index (Phi) is 6.27. The lowest BCUT2D eigenvalue weighted by molar-refractivity contribution is 0.0444. The van der Waals surface area contributed by atoms with E-state index in [4.69, 9.17) is 18.9 Å². The monoisotopic (exact) mass is 483 g/mol. The summed E-state index contributed by atoms with van der Waals surface area (Å²) in [6.07, 6.45) is 4.30. The van der Waals surface area contributed by atoms with E-state index in [0.29, 0.717) is 6.61 Å². The van der Waals surface area contributed by atoms with Gasteiger partial charge in [0.1, 0.15) is 23.4 Å². The van der Waals surface area contributed by atoms with Crippen molar-refractivity contribution in [3.8, 4) is 11.5 Å². The van der Waals surface area contributed by atoms with Crippen LogP contribution in [-0.4, -0.2) is 42.0 Å². The van der Waals surface area contributed by atoms with E-state index in [2.05, 4.69) is 80.5 Å². The van der Waals surface area contributed by atoms with Gasteiger partial charge in [-0.3, -0.25) is 0 Å². The maximum Gasteiger partial charge on any atom is 0.126 e. The van der Waals surface area contributed by atoms with E-state index >= 15 is 0 Å². The van der Waals surface area contributed by atoms with Crippen molar-refractivity contribution in [1.29, 1.82) is 0 Å². The number of benzene rings is 3. The molecule has 186 valence electrons. The van der Waals surface area contributed by atoms with Crippen LogP contribution >= 0.6 is 0 Å². The molecule has 3 aromatic rings. The van der Waals surface area contributed by atoms with Crippen LogP contribution in [0.2, 0.25) is 0 Å². The van der Waals surface area contributed by atoms with Gasteiger partial charge >= 0.3 is 0 Å². The highest BCUT2D eigenvalue weighted by molar-refractivity contribution is 5.74. The summed E-state index contributed by atoms with van der Waals surface area (Å²) in [5, 5.41) is 0. The number of hydrogen-bond acceptors (Lipinski definition) is 5. The third kappa shape index (κ3) is 3.94. The number of hydrogen-bond donors (Lipinski definition) is 0. The van der Waals surface area contributed by atoms with Crippen LogP contribution in [0.1, 0.15) is 33.9 Å². The summed E-state index contributed by atoms with van der Waals surface area (Å²) in [4.78, 5) is 2.11. The van der Waals surface area contributed by atoms with E-state index < -0.39 is 5.41 Å². The zero-order valence-electron chi connectivity index (χ0n) is 21.8. The Bertz CT molecular complexity index is 1320. The number of ether oxygens (including phenoxy) is 4. The van der Waals surface area contributed by atoms with Crippen molar-refractivity contribution in [3.63, 3.8) is 0 Å². The normalized spacial score (nSPS) is 20.4. The molecule has 3 aromatic carbocycles. The summed E-state index contributed by atoms with van der Waals surface area (Å²) < 4.78 is 23.6. The van der Waals surface area contributed by atoms with Gasteiger partial charge in [0.15, 0.2) is 0 Å². The first-order chi connectivity index (χ1) is 17.4. The van der Waals surface area contributed by atoms with E-state index in [1.807, 2.05) is 18.2 Å². The molecule has 0 amide bonds. The Labute approximate surface area is 213 Å². The van der Waals surface area contributed by atoms with Crippen molar-refractivity contribution >= 4 is 11.4 Å². The van der Waals surface area contributed by atoms with Gasteiger partial charge in [0, 0.05) is 25.3 Å². The molecule has 36 heavy (non-hydrogen) atoms. The van der Waals surface area contributed by atoms with Crippen LogP contribution in [0.15, 0.2) is 78.4 Å². The smallest absolute Gasteiger partial charge is 0.126 e. The zero-order chi connectivity index (χ0) is 25.4. The number of rotatable bonds is 6. The van der Waals surface area contributed by atoms with Gasteiger partial charge in [-0.1, -0.05) is 30.3 Å². The molecule has 0 N–H and O–H groups in total. The minimum Gasteiger partial charge on any atom is -0.497 e. The van der Waals surface area contributed by atoms with Crippen molar-refractivity contribution in [2.45, 2.75) is 18.4 Å². The van der Waals surface area contributed by atoms with Crippen molar-refractivity contribution in [2.75, 3.05) is 46.9 Å². The van der Waals surface area contributed by atoms with E-state index in [1.54, 1.807) is 21.3 Å². The molecule has 2 atom stereocenters. The van der Waals surface area contributed by atoms with Crippen molar-refractivity contribution < 1.29 is 18.9 Å². The Morgan fingerprint density at radius 2 is 1.47 bits per heavy atom. The van der Waals surface area contributed by atoms with Gasteiger partial charge in [-0.25, -0.2) is 0 Å². The molecular weight excluding hydrogens is 450 g/mol. The fourth-order valence-corrected chi connectivity index (χ4v) is 5.36. The van der Waals surface area contributed by atoms with Crippen LogP contribution in [0.5, 0.6) is 11.5 Å². The Morgan fingerprint density at radius 1 is 0.833 bits per heavy atom. The van der Waals surface area contributed by atoms with E-state index in [-0.39, 0.29) is 6.10 Å². The second-order valence-corrected chi connectivity index (χ2v) is 9.59. The highest BCUT2D eigenvalue weighted by Crippen LogP contribution is 2.49. The number of aryl methyl sites for hydroxylation is 1. The Morgan fingerprint density at radius 3 is 2.06 bits per heavy atom. The van der Waals surface area contributed by atoms with Crippen LogP contribution < -0.4 is 14.4 Å². The summed E-state index contributed by atoms with van der Waals surface area (Å²) >= 11 is 0. The summed E-state index contributed by atoms with van der Waals surface area (Å²) in [7, 11) is 9.20. The zero-order valence-corrected chi connectivity index (χ0v) is 21.8. The molecule has 1 aliphatic heterocycles. The van der Waals surface area contributed by atoms with Crippen LogP contribution in [0.25, 0.3) is 5.76 Å². The second-order valence-electron chi connectivity index (χ2n) is 9.59. The highest BCUT2D eigenvalue weighted by Gasteiger charge is 2.41. The van der Waals surface area contributed by atoms with Crippen LogP contribution in [0, 0.1) is 6.92 Å². The van der Waals surface area contributed by atoms with E-state index in [0.717, 1.165) is 50.8 Å². The molecule has 5 heteroatoms. The van der Waals surface area contributed by atoms with Crippen molar-refractivity contribution in [1.82, 2.24) is 0 Å². The van der Waals surface area contributed by atoms with Gasteiger partial charge in [0.05, 0.1) is 33.4 Å². The lowest BCUT2D eigenvalue weighted by Gasteiger charge is -2.41. The molecule has 0 saturated carbocycles. The van der Waals surface area contributed by atoms with Crippen LogP contribution in [-0.2, 0) is 14.9 Å². The standard InChI is InChI=1S/C31H33NO4/c1-20-15-26(34-5)17-27-28(35-6)16-21-18-31(19-36-30(21)29(20)27,23-9-13-25(33-4)14-10-23)22-7-11-24(12-8-22)32(2)3/h7-18,30H,19H2,1-6H3. The molecule has 5 nitrogen and oxygen atoms in total. The Hall–Kier alpha value is -3.70. The lowest BCUT2D eigenvalue weighted by atomic mass is 9.70. The molecule has 2 unspecified atom stereocenters. The topological polar surface area (TPSA) is 40.2 Å². The molecule has 0 radical (unpaired) electrons. The molecule has 0 bridgehead atoms. The minimum atomic E-state index is -0.462.